The van der Waals surface area contributed by atoms with E-state index in [0.717, 1.165) is 25.7 Å². The van der Waals surface area contributed by atoms with Gasteiger partial charge < -0.3 is 5.11 Å². The number of unbranched alkanes of at least 4 members (excludes halogenated alkanes) is 1. The normalized spacial score (nSPS) is 10.8. The van der Waals surface area contributed by atoms with E-state index in [1.807, 2.05) is 6.92 Å². The Kier molecular flexibility index (Phi) is 7.84. The van der Waals surface area contributed by atoms with Crippen LogP contribution in [0, 0.1) is 11.8 Å². The monoisotopic (exact) mass is 166 g/mol. The van der Waals surface area contributed by atoms with Crippen LogP contribution in [-0.2, 0) is 0 Å². The average molecular weight is 166 g/mol. The van der Waals surface area contributed by atoms with Crippen molar-refractivity contribution in [1.82, 2.24) is 0 Å². The van der Waals surface area contributed by atoms with Gasteiger partial charge in [0.05, 0.1) is 0 Å². The van der Waals surface area contributed by atoms with Crippen LogP contribution in [0.2, 0.25) is 0 Å². The lowest BCUT2D eigenvalue weighted by atomic mass is 10.1. The quantitative estimate of drug-likeness (QED) is 0.378. The molecular weight excluding hydrogens is 148 g/mol. The van der Waals surface area contributed by atoms with Crippen molar-refractivity contribution in [3.05, 3.63) is 11.6 Å². The third-order valence-corrected chi connectivity index (χ3v) is 1.67. The molecule has 1 N–H and O–H groups in total. The van der Waals surface area contributed by atoms with E-state index in [-0.39, 0.29) is 0 Å². The van der Waals surface area contributed by atoms with Crippen molar-refractivity contribution >= 4 is 0 Å². The first-order chi connectivity index (χ1) is 5.81. The Morgan fingerprint density at radius 1 is 1.50 bits per heavy atom. The molecule has 0 aromatic heterocycles. The highest BCUT2D eigenvalue weighted by Gasteiger charge is 1.88. The Morgan fingerprint density at radius 3 is 2.83 bits per heavy atom. The van der Waals surface area contributed by atoms with Crippen LogP contribution in [0.25, 0.3) is 0 Å². The maximum atomic E-state index is 8.58. The fourth-order valence-corrected chi connectivity index (χ4v) is 0.976. The van der Waals surface area contributed by atoms with Crippen molar-refractivity contribution in [1.29, 1.82) is 0 Å². The standard InChI is InChI=1S/C11H18O/c1-3-4-5-6-8-11(2)9-7-10-12/h8,12H,5-7,9-10H2,1-2H3. The lowest BCUT2D eigenvalue weighted by Crippen LogP contribution is -1.83. The summed E-state index contributed by atoms with van der Waals surface area (Å²) in [6, 6.07) is 0. The molecular formula is C11H18O. The van der Waals surface area contributed by atoms with E-state index in [4.69, 9.17) is 5.11 Å². The zero-order valence-electron chi connectivity index (χ0n) is 8.06. The third-order valence-electron chi connectivity index (χ3n) is 1.67. The molecule has 0 unspecified atom stereocenters. The molecule has 0 aliphatic rings. The van der Waals surface area contributed by atoms with E-state index >= 15 is 0 Å². The molecule has 0 radical (unpaired) electrons. The molecule has 0 atom stereocenters. The highest BCUT2D eigenvalue weighted by atomic mass is 16.2. The Hall–Kier alpha value is -0.740. The van der Waals surface area contributed by atoms with Gasteiger partial charge in [0.2, 0.25) is 0 Å². The minimum absolute atomic E-state index is 0.292. The molecule has 0 amide bonds. The SMILES string of the molecule is CC#CCCC=C(C)CCCO. The topological polar surface area (TPSA) is 20.2 Å². The molecule has 0 heterocycles. The maximum Gasteiger partial charge on any atom is 0.0434 e. The second kappa shape index (κ2) is 8.36. The highest BCUT2D eigenvalue weighted by molar-refractivity contribution is 5.02. The van der Waals surface area contributed by atoms with Gasteiger partial charge in [-0.3, -0.25) is 0 Å². The molecule has 0 bridgehead atoms. The summed E-state index contributed by atoms with van der Waals surface area (Å²) in [6.07, 6.45) is 6.09. The average Bonchev–Trinajstić information content (AvgIpc) is 2.09. The number of aliphatic hydroxyl groups excluding tert-OH is 1. The summed E-state index contributed by atoms with van der Waals surface area (Å²) in [6.45, 7) is 4.26. The number of hydrogen-bond acceptors (Lipinski definition) is 1. The van der Waals surface area contributed by atoms with Gasteiger partial charge in [-0.1, -0.05) is 11.6 Å². The first-order valence-corrected chi connectivity index (χ1v) is 4.47. The molecule has 0 spiro atoms. The number of rotatable bonds is 5. The van der Waals surface area contributed by atoms with Gasteiger partial charge in [0.15, 0.2) is 0 Å². The van der Waals surface area contributed by atoms with Crippen molar-refractivity contribution < 1.29 is 5.11 Å². The van der Waals surface area contributed by atoms with Gasteiger partial charge in [0.25, 0.3) is 0 Å². The summed E-state index contributed by atoms with van der Waals surface area (Å²) in [5.41, 5.74) is 1.36. The van der Waals surface area contributed by atoms with Crippen LogP contribution < -0.4 is 0 Å². The van der Waals surface area contributed by atoms with Crippen LogP contribution in [0.5, 0.6) is 0 Å². The summed E-state index contributed by atoms with van der Waals surface area (Å²) < 4.78 is 0. The van der Waals surface area contributed by atoms with Crippen molar-refractivity contribution in [2.24, 2.45) is 0 Å². The van der Waals surface area contributed by atoms with Crippen molar-refractivity contribution in [2.45, 2.75) is 39.5 Å². The predicted molar refractivity (Wildman–Crippen MR) is 52.8 cm³/mol. The highest BCUT2D eigenvalue weighted by Crippen LogP contribution is 2.05. The molecule has 0 aromatic carbocycles. The Morgan fingerprint density at radius 2 is 2.25 bits per heavy atom. The molecule has 68 valence electrons. The lowest BCUT2D eigenvalue weighted by molar-refractivity contribution is 0.288. The van der Waals surface area contributed by atoms with E-state index in [0.29, 0.717) is 6.61 Å². The van der Waals surface area contributed by atoms with Gasteiger partial charge >= 0.3 is 0 Å². The molecule has 0 saturated heterocycles. The van der Waals surface area contributed by atoms with Crippen molar-refractivity contribution in [3.63, 3.8) is 0 Å². The van der Waals surface area contributed by atoms with Crippen molar-refractivity contribution in [2.75, 3.05) is 6.61 Å². The fourth-order valence-electron chi connectivity index (χ4n) is 0.976. The van der Waals surface area contributed by atoms with Crippen LogP contribution in [0.4, 0.5) is 0 Å². The Balaban J connectivity index is 3.45. The lowest BCUT2D eigenvalue weighted by Gasteiger charge is -1.97. The summed E-state index contributed by atoms with van der Waals surface area (Å²) in [4.78, 5) is 0. The zero-order valence-corrected chi connectivity index (χ0v) is 8.06. The Labute approximate surface area is 75.5 Å². The first-order valence-electron chi connectivity index (χ1n) is 4.47. The van der Waals surface area contributed by atoms with Gasteiger partial charge in [0.1, 0.15) is 0 Å². The third kappa shape index (κ3) is 7.37. The molecule has 0 fully saturated rings. The summed E-state index contributed by atoms with van der Waals surface area (Å²) >= 11 is 0. The van der Waals surface area contributed by atoms with Gasteiger partial charge in [-0.2, -0.15) is 0 Å². The second-order valence-electron chi connectivity index (χ2n) is 2.84. The molecule has 12 heavy (non-hydrogen) atoms. The van der Waals surface area contributed by atoms with Crippen LogP contribution in [0.1, 0.15) is 39.5 Å². The van der Waals surface area contributed by atoms with E-state index < -0.39 is 0 Å². The van der Waals surface area contributed by atoms with Gasteiger partial charge in [0, 0.05) is 13.0 Å². The van der Waals surface area contributed by atoms with Crippen LogP contribution in [-0.4, -0.2) is 11.7 Å². The zero-order chi connectivity index (χ0) is 9.23. The number of aliphatic hydroxyl groups is 1. The van der Waals surface area contributed by atoms with Crippen LogP contribution in [0.15, 0.2) is 11.6 Å². The van der Waals surface area contributed by atoms with E-state index in [1.165, 1.54) is 5.57 Å². The largest absolute Gasteiger partial charge is 0.396 e. The molecule has 0 aliphatic heterocycles. The van der Waals surface area contributed by atoms with Crippen LogP contribution >= 0.6 is 0 Å². The summed E-state index contributed by atoms with van der Waals surface area (Å²) in [5.74, 6) is 5.88. The van der Waals surface area contributed by atoms with Crippen LogP contribution in [0.3, 0.4) is 0 Å². The second-order valence-corrected chi connectivity index (χ2v) is 2.84. The summed E-state index contributed by atoms with van der Waals surface area (Å²) in [7, 11) is 0. The Bertz CT molecular complexity index is 181. The fraction of sp³-hybridized carbons (Fsp3) is 0.636. The van der Waals surface area contributed by atoms with Gasteiger partial charge in [-0.15, -0.1) is 11.8 Å². The first kappa shape index (κ1) is 11.3. The smallest absolute Gasteiger partial charge is 0.0434 e. The van der Waals surface area contributed by atoms with Gasteiger partial charge in [-0.25, -0.2) is 0 Å². The van der Waals surface area contributed by atoms with Crippen molar-refractivity contribution in [3.8, 4) is 11.8 Å². The molecule has 0 aliphatic carbocycles. The maximum absolute atomic E-state index is 8.58. The molecule has 0 rings (SSSR count). The van der Waals surface area contributed by atoms with Gasteiger partial charge in [-0.05, 0) is 33.1 Å². The minimum Gasteiger partial charge on any atom is -0.396 e. The number of hydrogen-bond donors (Lipinski definition) is 1. The molecule has 1 nitrogen and oxygen atoms in total. The van der Waals surface area contributed by atoms with E-state index in [9.17, 15) is 0 Å². The minimum atomic E-state index is 0.292. The number of allylic oxidation sites excluding steroid dienone is 2. The molecule has 0 aromatic rings. The molecule has 1 heteroatoms. The van der Waals surface area contributed by atoms with E-state index in [2.05, 4.69) is 24.8 Å². The predicted octanol–water partition coefficient (Wildman–Crippen LogP) is 2.51. The van der Waals surface area contributed by atoms with E-state index in [1.54, 1.807) is 0 Å². The molecule has 0 saturated carbocycles. The summed E-state index contributed by atoms with van der Waals surface area (Å²) in [5, 5.41) is 8.58.